The Hall–Kier alpha value is -6.72. The van der Waals surface area contributed by atoms with Crippen molar-refractivity contribution in [3.8, 4) is 28.3 Å². The van der Waals surface area contributed by atoms with E-state index < -0.39 is 0 Å². The molecule has 1 aromatic heterocycles. The summed E-state index contributed by atoms with van der Waals surface area (Å²) in [5.74, 6) is 1.77. The Morgan fingerprint density at radius 2 is 1.16 bits per heavy atom. The fourth-order valence-corrected chi connectivity index (χ4v) is 9.11. The quantitative estimate of drug-likeness (QED) is 0.178. The van der Waals surface area contributed by atoms with Crippen LogP contribution in [-0.4, -0.2) is 11.4 Å². The number of benzene rings is 8. The molecule has 0 amide bonds. The van der Waals surface area contributed by atoms with E-state index in [4.69, 9.17) is 4.74 Å². The SMILES string of the molecule is c1ccc(N(c2ccccc2)c2cc3c4c(c2)-n2c5c(cccc5c5ccc6ccccc6c52)B4N2c4ccccc4Oc4cccc-3c42)cc1. The first kappa shape index (κ1) is 27.1. The van der Waals surface area contributed by atoms with Gasteiger partial charge in [-0.2, -0.15) is 0 Å². The predicted octanol–water partition coefficient (Wildman–Crippen LogP) is 10.8. The van der Waals surface area contributed by atoms with Crippen molar-refractivity contribution < 1.29 is 4.74 Å². The van der Waals surface area contributed by atoms with E-state index in [9.17, 15) is 0 Å². The zero-order valence-electron chi connectivity index (χ0n) is 27.5. The lowest BCUT2D eigenvalue weighted by Gasteiger charge is -2.45. The van der Waals surface area contributed by atoms with Crippen LogP contribution in [0.5, 0.6) is 11.5 Å². The standard InChI is InChI=1S/C46H28BN3O/c1-3-14-30(15-4-1)48(31-16-5-2-6-17-31)32-27-37-35-20-12-24-42-46(35)50(39-22-9-10-23-41(39)51-42)47-38-21-11-19-34-36-26-25-29-13-7-8-18-33(29)44(36)49(45(34)38)40(28-32)43(37)47/h1-28H. The second-order valence-electron chi connectivity index (χ2n) is 13.7. The lowest BCUT2D eigenvalue weighted by atomic mass is 9.44. The van der Waals surface area contributed by atoms with Crippen LogP contribution in [0.2, 0.25) is 0 Å². The van der Waals surface area contributed by atoms with Crippen LogP contribution in [0.1, 0.15) is 0 Å². The van der Waals surface area contributed by atoms with Gasteiger partial charge in [-0.25, -0.2) is 0 Å². The van der Waals surface area contributed by atoms with Crippen LogP contribution in [0, 0.1) is 0 Å². The highest BCUT2D eigenvalue weighted by Gasteiger charge is 2.47. The number of nitrogens with zero attached hydrogens (tertiary/aromatic N) is 3. The molecule has 5 heteroatoms. The van der Waals surface area contributed by atoms with Gasteiger partial charge in [0, 0.05) is 44.5 Å². The lowest BCUT2D eigenvalue weighted by molar-refractivity contribution is 0.478. The predicted molar refractivity (Wildman–Crippen MR) is 212 cm³/mol. The van der Waals surface area contributed by atoms with Gasteiger partial charge in [0.25, 0.3) is 0 Å². The summed E-state index contributed by atoms with van der Waals surface area (Å²) in [6.07, 6.45) is 0. The van der Waals surface area contributed by atoms with E-state index in [0.717, 1.165) is 39.9 Å². The number of aromatic nitrogens is 1. The summed E-state index contributed by atoms with van der Waals surface area (Å²) < 4.78 is 9.26. The fourth-order valence-electron chi connectivity index (χ4n) is 9.11. The van der Waals surface area contributed by atoms with Gasteiger partial charge >= 0.3 is 6.85 Å². The first-order chi connectivity index (χ1) is 25.3. The van der Waals surface area contributed by atoms with Gasteiger partial charge in [-0.05, 0) is 76.5 Å². The Bertz CT molecular complexity index is 2880. The van der Waals surface area contributed by atoms with Crippen LogP contribution >= 0.6 is 0 Å². The Balaban J connectivity index is 1.28. The van der Waals surface area contributed by atoms with Gasteiger partial charge in [-0.15, -0.1) is 0 Å². The van der Waals surface area contributed by atoms with Crippen LogP contribution in [-0.2, 0) is 0 Å². The van der Waals surface area contributed by atoms with Gasteiger partial charge < -0.3 is 19.0 Å². The molecule has 0 spiro atoms. The van der Waals surface area contributed by atoms with E-state index in [1.165, 1.54) is 60.3 Å². The molecular weight excluding hydrogens is 621 g/mol. The average Bonchev–Trinajstić information content (AvgIpc) is 3.54. The molecule has 0 saturated carbocycles. The highest BCUT2D eigenvalue weighted by molar-refractivity contribution is 6.93. The molecule has 3 aliphatic heterocycles. The van der Waals surface area contributed by atoms with E-state index in [1.54, 1.807) is 0 Å². The molecule has 236 valence electrons. The van der Waals surface area contributed by atoms with Crippen molar-refractivity contribution >= 4 is 78.8 Å². The zero-order chi connectivity index (χ0) is 33.2. The summed E-state index contributed by atoms with van der Waals surface area (Å²) in [7, 11) is 0. The molecule has 4 nitrogen and oxygen atoms in total. The summed E-state index contributed by atoms with van der Waals surface area (Å²) in [5.41, 5.74) is 14.3. The molecule has 3 aliphatic rings. The van der Waals surface area contributed by atoms with Crippen molar-refractivity contribution in [1.82, 2.24) is 4.57 Å². The van der Waals surface area contributed by atoms with Gasteiger partial charge in [-0.3, -0.25) is 0 Å². The van der Waals surface area contributed by atoms with Crippen LogP contribution in [0.3, 0.4) is 0 Å². The molecule has 51 heavy (non-hydrogen) atoms. The van der Waals surface area contributed by atoms with Crippen molar-refractivity contribution in [2.24, 2.45) is 0 Å². The minimum absolute atomic E-state index is 0.0589. The van der Waals surface area contributed by atoms with Gasteiger partial charge in [0.2, 0.25) is 0 Å². The summed E-state index contributed by atoms with van der Waals surface area (Å²) in [4.78, 5) is 4.94. The minimum atomic E-state index is -0.0589. The van der Waals surface area contributed by atoms with E-state index in [-0.39, 0.29) is 6.85 Å². The first-order valence-corrected chi connectivity index (χ1v) is 17.6. The van der Waals surface area contributed by atoms with E-state index in [0.29, 0.717) is 0 Å². The maximum atomic E-state index is 6.68. The van der Waals surface area contributed by atoms with Crippen molar-refractivity contribution in [1.29, 1.82) is 0 Å². The summed E-state index contributed by atoms with van der Waals surface area (Å²) in [6.45, 7) is -0.0589. The Labute approximate surface area is 295 Å². The van der Waals surface area contributed by atoms with E-state index in [1.807, 2.05) is 0 Å². The Kier molecular flexibility index (Phi) is 5.29. The third-order valence-corrected chi connectivity index (χ3v) is 11.1. The van der Waals surface area contributed by atoms with E-state index >= 15 is 0 Å². The molecule has 9 aromatic rings. The van der Waals surface area contributed by atoms with Crippen LogP contribution in [0.25, 0.3) is 49.4 Å². The second kappa shape index (κ2) is 9.93. The maximum Gasteiger partial charge on any atom is 0.333 e. The number of hydrogen-bond donors (Lipinski definition) is 0. The van der Waals surface area contributed by atoms with Gasteiger partial charge in [-0.1, -0.05) is 115 Å². The molecule has 0 bridgehead atoms. The summed E-state index contributed by atoms with van der Waals surface area (Å²) in [6, 6.07) is 61.6. The highest BCUT2D eigenvalue weighted by Crippen LogP contribution is 2.55. The molecule has 12 rings (SSSR count). The first-order valence-electron chi connectivity index (χ1n) is 17.6. The molecule has 4 heterocycles. The summed E-state index contributed by atoms with van der Waals surface area (Å²) >= 11 is 0. The third-order valence-electron chi connectivity index (χ3n) is 11.1. The maximum absolute atomic E-state index is 6.68. The van der Waals surface area contributed by atoms with Crippen molar-refractivity contribution in [2.45, 2.75) is 0 Å². The van der Waals surface area contributed by atoms with Crippen molar-refractivity contribution in [2.75, 3.05) is 9.71 Å². The van der Waals surface area contributed by atoms with E-state index in [2.05, 4.69) is 184 Å². The topological polar surface area (TPSA) is 20.6 Å². The Morgan fingerprint density at radius 3 is 2.00 bits per heavy atom. The fraction of sp³-hybridized carbons (Fsp3) is 0. The van der Waals surface area contributed by atoms with Gasteiger partial charge in [0.1, 0.15) is 5.75 Å². The molecule has 0 fully saturated rings. The summed E-state index contributed by atoms with van der Waals surface area (Å²) in [5, 5.41) is 5.04. The number of anilines is 5. The second-order valence-corrected chi connectivity index (χ2v) is 13.7. The smallest absolute Gasteiger partial charge is 0.333 e. The average molecular weight is 650 g/mol. The normalized spacial score (nSPS) is 13.2. The number of para-hydroxylation sites is 6. The molecule has 0 atom stereocenters. The van der Waals surface area contributed by atoms with Crippen LogP contribution < -0.4 is 25.4 Å². The molecule has 0 unspecified atom stereocenters. The number of fused-ring (bicyclic) bond motifs is 11. The Morgan fingerprint density at radius 1 is 0.471 bits per heavy atom. The zero-order valence-corrected chi connectivity index (χ0v) is 27.5. The highest BCUT2D eigenvalue weighted by atomic mass is 16.5. The molecular formula is C46H28BN3O. The largest absolute Gasteiger partial charge is 0.453 e. The number of rotatable bonds is 3. The third kappa shape index (κ3) is 3.54. The monoisotopic (exact) mass is 649 g/mol. The molecule has 0 aliphatic carbocycles. The molecule has 0 saturated heterocycles. The molecule has 0 N–H and O–H groups in total. The van der Waals surface area contributed by atoms with Gasteiger partial charge in [0.05, 0.1) is 22.4 Å². The van der Waals surface area contributed by atoms with Crippen LogP contribution in [0.4, 0.5) is 28.4 Å². The van der Waals surface area contributed by atoms with Crippen molar-refractivity contribution in [3.63, 3.8) is 0 Å². The van der Waals surface area contributed by atoms with Gasteiger partial charge in [0.15, 0.2) is 5.75 Å². The minimum Gasteiger partial charge on any atom is -0.453 e. The number of ether oxygens (including phenoxy) is 1. The number of hydrogen-bond acceptors (Lipinski definition) is 3. The van der Waals surface area contributed by atoms with Crippen molar-refractivity contribution in [3.05, 3.63) is 170 Å². The molecule has 0 radical (unpaired) electrons. The lowest BCUT2D eigenvalue weighted by Crippen LogP contribution is -2.61. The molecule has 8 aromatic carbocycles. The van der Waals surface area contributed by atoms with Crippen LogP contribution in [0.15, 0.2) is 170 Å².